The van der Waals surface area contributed by atoms with Crippen LogP contribution < -0.4 is 10.6 Å². The molecule has 3 rings (SSSR count). The Morgan fingerprint density at radius 3 is 2.30 bits per heavy atom. The molecule has 3 N–H and O–H groups in total. The Balaban J connectivity index is 0.00000316. The highest BCUT2D eigenvalue weighted by Crippen LogP contribution is 2.42. The van der Waals surface area contributed by atoms with E-state index >= 15 is 0 Å². The zero-order valence-corrected chi connectivity index (χ0v) is 25.7. The summed E-state index contributed by atoms with van der Waals surface area (Å²) >= 11 is 0. The average molecular weight is 602 g/mol. The number of alkyl halides is 3. The number of hydrogen-bond donors (Lipinski definition) is 2. The van der Waals surface area contributed by atoms with E-state index in [0.717, 1.165) is 52.9 Å². The second-order valence-electron chi connectivity index (χ2n) is 10.8. The standard InChI is InChI=1S/C29H33F3N6O3.C2H6/c1-18-24(26(39)41-5)25(23-13-12-19(17-33)15-20(23)9-6-7-14-38(2,3)4)37(28(35)40)27(34)36(18)22-11-8-10-21(16-22)29(30,31)32;1-2/h8,10-13,15-16,25,34H,6-7,9,14H2,1-5H3,(H-,35,40);1-2H3/p+1/t25-;/m1./s1. The van der Waals surface area contributed by atoms with Gasteiger partial charge in [-0.05, 0) is 67.6 Å². The van der Waals surface area contributed by atoms with Gasteiger partial charge in [-0.2, -0.15) is 18.4 Å². The summed E-state index contributed by atoms with van der Waals surface area (Å²) in [6, 6.07) is 8.84. The average Bonchev–Trinajstić information content (AvgIpc) is 2.94. The van der Waals surface area contributed by atoms with Crippen molar-refractivity contribution in [1.82, 2.24) is 4.90 Å². The molecule has 0 saturated carbocycles. The number of allylic oxidation sites excluding steroid dienone is 1. The lowest BCUT2D eigenvalue weighted by atomic mass is 9.87. The Kier molecular flexibility index (Phi) is 11.5. The van der Waals surface area contributed by atoms with Crippen LogP contribution in [0.2, 0.25) is 0 Å². The molecule has 232 valence electrons. The number of unbranched alkanes of at least 4 members (excludes halogenated alkanes) is 1. The molecule has 0 aliphatic carbocycles. The highest BCUT2D eigenvalue weighted by Gasteiger charge is 2.44. The summed E-state index contributed by atoms with van der Waals surface area (Å²) < 4.78 is 46.3. The number of amides is 2. The molecule has 0 saturated heterocycles. The van der Waals surface area contributed by atoms with E-state index in [0.29, 0.717) is 23.1 Å². The Labute approximate surface area is 251 Å². The van der Waals surface area contributed by atoms with E-state index in [2.05, 4.69) is 27.2 Å². The number of benzene rings is 2. The fourth-order valence-corrected chi connectivity index (χ4v) is 4.93. The number of urea groups is 1. The number of guanidine groups is 1. The van der Waals surface area contributed by atoms with Crippen LogP contribution in [0.4, 0.5) is 23.7 Å². The van der Waals surface area contributed by atoms with Crippen molar-refractivity contribution in [1.29, 1.82) is 10.7 Å². The number of nitrogens with zero attached hydrogens (tertiary/aromatic N) is 4. The van der Waals surface area contributed by atoms with Gasteiger partial charge in [0.1, 0.15) is 6.04 Å². The number of esters is 1. The molecule has 1 aliphatic rings. The molecule has 1 heterocycles. The van der Waals surface area contributed by atoms with Gasteiger partial charge in [0.05, 0.1) is 57.6 Å². The van der Waals surface area contributed by atoms with Gasteiger partial charge in [0.25, 0.3) is 0 Å². The number of quaternary nitrogens is 1. The number of hydrogen-bond acceptors (Lipinski definition) is 5. The molecule has 43 heavy (non-hydrogen) atoms. The summed E-state index contributed by atoms with van der Waals surface area (Å²) in [5.41, 5.74) is 6.24. The molecule has 0 unspecified atom stereocenters. The van der Waals surface area contributed by atoms with Crippen LogP contribution in [0.1, 0.15) is 61.9 Å². The first kappa shape index (κ1) is 34.8. The van der Waals surface area contributed by atoms with Crippen molar-refractivity contribution in [2.75, 3.05) is 39.7 Å². The molecule has 2 amide bonds. The predicted molar refractivity (Wildman–Crippen MR) is 159 cm³/mol. The fraction of sp³-hybridized carbons (Fsp3) is 0.419. The van der Waals surface area contributed by atoms with Gasteiger partial charge in [0.15, 0.2) is 0 Å². The summed E-state index contributed by atoms with van der Waals surface area (Å²) in [5.74, 6) is -1.38. The number of nitrogens with one attached hydrogen (secondary N) is 1. The second kappa shape index (κ2) is 14.2. The molecular formula is C31H40F3N6O3+. The SMILES string of the molecule is CC.COC(=O)C1=C(C)N(c2cccc(C(F)(F)F)c2)C(=N)N(C(N)=O)[C@@H]1c1ccc(C#N)cc1CCCC[N+](C)(C)C. The summed E-state index contributed by atoms with van der Waals surface area (Å²) in [6.45, 7) is 6.37. The van der Waals surface area contributed by atoms with Crippen LogP contribution in [-0.4, -0.2) is 62.1 Å². The van der Waals surface area contributed by atoms with Gasteiger partial charge in [-0.15, -0.1) is 0 Å². The van der Waals surface area contributed by atoms with E-state index in [9.17, 15) is 28.0 Å². The lowest BCUT2D eigenvalue weighted by Crippen LogP contribution is -2.55. The minimum absolute atomic E-state index is 0.0722. The minimum atomic E-state index is -4.66. The number of nitrogens with two attached hydrogens (primary N) is 1. The van der Waals surface area contributed by atoms with Crippen molar-refractivity contribution >= 4 is 23.6 Å². The maximum Gasteiger partial charge on any atom is 0.416 e. The third kappa shape index (κ3) is 8.14. The van der Waals surface area contributed by atoms with Crippen LogP contribution in [0.25, 0.3) is 0 Å². The van der Waals surface area contributed by atoms with Gasteiger partial charge >= 0.3 is 18.2 Å². The van der Waals surface area contributed by atoms with E-state index in [1.165, 1.54) is 25.1 Å². The van der Waals surface area contributed by atoms with Gasteiger partial charge in [0.2, 0.25) is 5.96 Å². The number of methoxy groups -OCH3 is 1. The Hall–Kier alpha value is -4.37. The Bertz CT molecular complexity index is 1420. The van der Waals surface area contributed by atoms with Crippen LogP contribution in [0, 0.1) is 16.7 Å². The maximum atomic E-state index is 13.5. The summed E-state index contributed by atoms with van der Waals surface area (Å²) in [5, 5.41) is 18.5. The molecule has 0 spiro atoms. The lowest BCUT2D eigenvalue weighted by Gasteiger charge is -2.43. The first-order valence-corrected chi connectivity index (χ1v) is 13.9. The number of rotatable bonds is 8. The number of halogens is 3. The summed E-state index contributed by atoms with van der Waals surface area (Å²) in [6.07, 6.45) is -2.55. The van der Waals surface area contributed by atoms with E-state index < -0.39 is 35.7 Å². The monoisotopic (exact) mass is 601 g/mol. The highest BCUT2D eigenvalue weighted by molar-refractivity contribution is 6.10. The summed E-state index contributed by atoms with van der Waals surface area (Å²) in [7, 11) is 7.37. The number of ether oxygens (including phenoxy) is 1. The first-order chi connectivity index (χ1) is 20.1. The van der Waals surface area contributed by atoms with E-state index in [1.807, 2.05) is 13.8 Å². The number of primary amides is 1. The number of carbonyl (C=O) groups is 2. The van der Waals surface area contributed by atoms with Crippen molar-refractivity contribution in [3.05, 3.63) is 76.0 Å². The molecule has 1 atom stereocenters. The zero-order valence-electron chi connectivity index (χ0n) is 25.7. The van der Waals surface area contributed by atoms with Gasteiger partial charge in [-0.3, -0.25) is 15.2 Å². The van der Waals surface area contributed by atoms with Gasteiger partial charge in [-0.1, -0.05) is 26.0 Å². The minimum Gasteiger partial charge on any atom is -0.466 e. The molecular weight excluding hydrogens is 561 g/mol. The van der Waals surface area contributed by atoms with E-state index in [4.69, 9.17) is 15.9 Å². The van der Waals surface area contributed by atoms with Crippen LogP contribution >= 0.6 is 0 Å². The third-order valence-electron chi connectivity index (χ3n) is 6.86. The molecule has 0 fully saturated rings. The quantitative estimate of drug-likeness (QED) is 0.220. The van der Waals surface area contributed by atoms with E-state index in [-0.39, 0.29) is 17.0 Å². The molecule has 0 aromatic heterocycles. The fourth-order valence-electron chi connectivity index (χ4n) is 4.93. The van der Waals surface area contributed by atoms with Crippen LogP contribution in [0.15, 0.2) is 53.7 Å². The van der Waals surface area contributed by atoms with Gasteiger partial charge in [-0.25, -0.2) is 9.59 Å². The molecule has 9 nitrogen and oxygen atoms in total. The third-order valence-corrected chi connectivity index (χ3v) is 6.86. The number of nitriles is 1. The number of anilines is 1. The van der Waals surface area contributed by atoms with Crippen LogP contribution in [0.5, 0.6) is 0 Å². The lowest BCUT2D eigenvalue weighted by molar-refractivity contribution is -0.870. The molecule has 0 bridgehead atoms. The topological polar surface area (TPSA) is 124 Å². The molecule has 2 aromatic rings. The first-order valence-electron chi connectivity index (χ1n) is 13.9. The summed E-state index contributed by atoms with van der Waals surface area (Å²) in [4.78, 5) is 28.1. The van der Waals surface area contributed by atoms with Crippen LogP contribution in [-0.2, 0) is 22.1 Å². The maximum absolute atomic E-state index is 13.5. The van der Waals surface area contributed by atoms with Crippen molar-refractivity contribution in [3.63, 3.8) is 0 Å². The van der Waals surface area contributed by atoms with Gasteiger partial charge in [0, 0.05) is 11.4 Å². The normalized spacial score (nSPS) is 15.5. The van der Waals surface area contributed by atoms with Crippen molar-refractivity contribution < 1.29 is 32.0 Å². The second-order valence-corrected chi connectivity index (χ2v) is 10.8. The zero-order chi connectivity index (χ0) is 32.7. The molecule has 12 heteroatoms. The van der Waals surface area contributed by atoms with Crippen molar-refractivity contribution in [2.45, 2.75) is 52.3 Å². The highest BCUT2D eigenvalue weighted by atomic mass is 19.4. The van der Waals surface area contributed by atoms with Crippen LogP contribution in [0.3, 0.4) is 0 Å². The number of aryl methyl sites for hydroxylation is 1. The molecule has 1 aliphatic heterocycles. The molecule has 2 aromatic carbocycles. The molecule has 0 radical (unpaired) electrons. The number of carbonyl (C=O) groups excluding carboxylic acids is 2. The van der Waals surface area contributed by atoms with Gasteiger partial charge < -0.3 is 15.0 Å². The smallest absolute Gasteiger partial charge is 0.416 e. The van der Waals surface area contributed by atoms with E-state index in [1.54, 1.807) is 12.1 Å². The largest absolute Gasteiger partial charge is 0.466 e. The van der Waals surface area contributed by atoms with Crippen molar-refractivity contribution in [3.8, 4) is 6.07 Å². The predicted octanol–water partition coefficient (Wildman–Crippen LogP) is 5.96. The Morgan fingerprint density at radius 1 is 1.12 bits per heavy atom. The van der Waals surface area contributed by atoms with Crippen molar-refractivity contribution in [2.24, 2.45) is 5.73 Å². The Morgan fingerprint density at radius 2 is 1.77 bits per heavy atom.